The summed E-state index contributed by atoms with van der Waals surface area (Å²) in [5.74, 6) is 2.54. The van der Waals surface area contributed by atoms with E-state index in [0.29, 0.717) is 5.91 Å². The van der Waals surface area contributed by atoms with Crippen LogP contribution in [0.2, 0.25) is 0 Å². The molecular weight excluding hydrogens is 234 g/mol. The fourth-order valence-electron chi connectivity index (χ4n) is 2.77. The first-order valence-electron chi connectivity index (χ1n) is 6.32. The van der Waals surface area contributed by atoms with E-state index in [1.165, 1.54) is 12.8 Å². The third-order valence-corrected chi connectivity index (χ3v) is 4.89. The number of hydrogen-bond donors (Lipinski definition) is 0. The monoisotopic (exact) mass is 251 g/mol. The molecule has 0 bridgehead atoms. The molecule has 0 aromatic carbocycles. The average molecular weight is 251 g/mol. The number of amides is 1. The first kappa shape index (κ1) is 11.2. The molecule has 1 saturated carbocycles. The molecule has 1 saturated heterocycles. The molecule has 4 heteroatoms. The van der Waals surface area contributed by atoms with E-state index < -0.39 is 0 Å². The molecule has 1 amide bonds. The number of thioether (sulfide) groups is 1. The molecule has 0 spiro atoms. The maximum absolute atomic E-state index is 12.4. The SMILES string of the molecule is O=C(C1CCCC1)N1CCSC1c1ccco1. The van der Waals surface area contributed by atoms with Crippen molar-refractivity contribution < 1.29 is 9.21 Å². The zero-order chi connectivity index (χ0) is 11.7. The molecule has 1 atom stereocenters. The van der Waals surface area contributed by atoms with Gasteiger partial charge in [-0.3, -0.25) is 4.79 Å². The van der Waals surface area contributed by atoms with Gasteiger partial charge < -0.3 is 9.32 Å². The highest BCUT2D eigenvalue weighted by molar-refractivity contribution is 7.99. The lowest BCUT2D eigenvalue weighted by Gasteiger charge is -2.25. The Morgan fingerprint density at radius 3 is 2.94 bits per heavy atom. The summed E-state index contributed by atoms with van der Waals surface area (Å²) >= 11 is 1.81. The van der Waals surface area contributed by atoms with Crippen LogP contribution in [-0.4, -0.2) is 23.1 Å². The summed E-state index contributed by atoms with van der Waals surface area (Å²) < 4.78 is 5.45. The molecule has 2 heterocycles. The summed E-state index contributed by atoms with van der Waals surface area (Å²) in [5, 5.41) is 0.109. The first-order valence-corrected chi connectivity index (χ1v) is 7.36. The molecule has 1 aliphatic carbocycles. The molecule has 1 unspecified atom stereocenters. The highest BCUT2D eigenvalue weighted by Gasteiger charge is 2.36. The third kappa shape index (κ3) is 2.10. The summed E-state index contributed by atoms with van der Waals surface area (Å²) in [5.41, 5.74) is 0. The van der Waals surface area contributed by atoms with Crippen LogP contribution in [0.1, 0.15) is 36.8 Å². The Bertz CT molecular complexity index is 384. The van der Waals surface area contributed by atoms with Crippen molar-refractivity contribution in [2.75, 3.05) is 12.3 Å². The van der Waals surface area contributed by atoms with Gasteiger partial charge >= 0.3 is 0 Å². The molecule has 1 aromatic heterocycles. The zero-order valence-electron chi connectivity index (χ0n) is 9.80. The summed E-state index contributed by atoms with van der Waals surface area (Å²) in [4.78, 5) is 14.4. The Labute approximate surface area is 106 Å². The van der Waals surface area contributed by atoms with Gasteiger partial charge in [-0.1, -0.05) is 12.8 Å². The molecule has 3 nitrogen and oxygen atoms in total. The van der Waals surface area contributed by atoms with Crippen molar-refractivity contribution in [3.8, 4) is 0 Å². The topological polar surface area (TPSA) is 33.5 Å². The highest BCUT2D eigenvalue weighted by atomic mass is 32.2. The molecule has 0 N–H and O–H groups in total. The minimum absolute atomic E-state index is 0.109. The molecular formula is C13H17NO2S. The van der Waals surface area contributed by atoms with E-state index in [4.69, 9.17) is 4.42 Å². The molecule has 92 valence electrons. The van der Waals surface area contributed by atoms with Gasteiger partial charge in [0.15, 0.2) is 0 Å². The molecule has 2 aliphatic rings. The number of rotatable bonds is 2. The summed E-state index contributed by atoms with van der Waals surface area (Å²) in [7, 11) is 0. The van der Waals surface area contributed by atoms with Gasteiger partial charge in [-0.15, -0.1) is 11.8 Å². The highest BCUT2D eigenvalue weighted by Crippen LogP contribution is 2.40. The predicted molar refractivity (Wildman–Crippen MR) is 67.6 cm³/mol. The normalized spacial score (nSPS) is 25.6. The predicted octanol–water partition coefficient (Wildman–Crippen LogP) is 3.04. The van der Waals surface area contributed by atoms with E-state index in [1.807, 2.05) is 17.0 Å². The van der Waals surface area contributed by atoms with Gasteiger partial charge in [-0.05, 0) is 25.0 Å². The molecule has 2 fully saturated rings. The van der Waals surface area contributed by atoms with Gasteiger partial charge in [-0.2, -0.15) is 0 Å². The molecule has 3 rings (SSSR count). The standard InChI is InChI=1S/C13H17NO2S/c15-12(10-4-1-2-5-10)14-7-9-17-13(14)11-6-3-8-16-11/h3,6,8,10,13H,1-2,4-5,7,9H2. The van der Waals surface area contributed by atoms with Crippen LogP contribution in [0.4, 0.5) is 0 Å². The van der Waals surface area contributed by atoms with Crippen molar-refractivity contribution in [3.05, 3.63) is 24.2 Å². The molecule has 17 heavy (non-hydrogen) atoms. The molecule has 1 aliphatic heterocycles. The lowest BCUT2D eigenvalue weighted by Crippen LogP contribution is -2.34. The third-order valence-electron chi connectivity index (χ3n) is 3.67. The second-order valence-corrected chi connectivity index (χ2v) is 5.94. The van der Waals surface area contributed by atoms with Crippen LogP contribution in [0.25, 0.3) is 0 Å². The van der Waals surface area contributed by atoms with E-state index in [2.05, 4.69) is 0 Å². The largest absolute Gasteiger partial charge is 0.466 e. The second-order valence-electron chi connectivity index (χ2n) is 4.75. The Hall–Kier alpha value is -0.900. The van der Waals surface area contributed by atoms with E-state index >= 15 is 0 Å². The Morgan fingerprint density at radius 2 is 2.24 bits per heavy atom. The van der Waals surface area contributed by atoms with Gasteiger partial charge in [0.2, 0.25) is 5.91 Å². The van der Waals surface area contributed by atoms with Crippen LogP contribution < -0.4 is 0 Å². The van der Waals surface area contributed by atoms with Crippen LogP contribution in [-0.2, 0) is 4.79 Å². The number of furan rings is 1. The van der Waals surface area contributed by atoms with E-state index in [0.717, 1.165) is 30.9 Å². The lowest BCUT2D eigenvalue weighted by atomic mass is 10.1. The fourth-order valence-corrected chi connectivity index (χ4v) is 3.98. The van der Waals surface area contributed by atoms with Crippen LogP contribution in [0.3, 0.4) is 0 Å². The molecule has 0 radical (unpaired) electrons. The number of carbonyl (C=O) groups is 1. The molecule has 1 aromatic rings. The van der Waals surface area contributed by atoms with Crippen LogP contribution in [0, 0.1) is 5.92 Å². The Balaban J connectivity index is 1.75. The van der Waals surface area contributed by atoms with Gasteiger partial charge in [-0.25, -0.2) is 0 Å². The number of hydrogen-bond acceptors (Lipinski definition) is 3. The van der Waals surface area contributed by atoms with Gasteiger partial charge in [0.25, 0.3) is 0 Å². The minimum Gasteiger partial charge on any atom is -0.466 e. The fraction of sp³-hybridized carbons (Fsp3) is 0.615. The van der Waals surface area contributed by atoms with Crippen LogP contribution in [0.15, 0.2) is 22.8 Å². The summed E-state index contributed by atoms with van der Waals surface area (Å²) in [6, 6.07) is 3.87. The summed E-state index contributed by atoms with van der Waals surface area (Å²) in [6.07, 6.45) is 6.26. The van der Waals surface area contributed by atoms with Crippen molar-refractivity contribution in [2.45, 2.75) is 31.1 Å². The maximum Gasteiger partial charge on any atom is 0.226 e. The Kier molecular flexibility index (Phi) is 3.14. The smallest absolute Gasteiger partial charge is 0.226 e. The van der Waals surface area contributed by atoms with Crippen LogP contribution in [0.5, 0.6) is 0 Å². The summed E-state index contributed by atoms with van der Waals surface area (Å²) in [6.45, 7) is 0.866. The van der Waals surface area contributed by atoms with E-state index in [9.17, 15) is 4.79 Å². The van der Waals surface area contributed by atoms with Gasteiger partial charge in [0, 0.05) is 18.2 Å². The van der Waals surface area contributed by atoms with Crippen molar-refractivity contribution >= 4 is 17.7 Å². The van der Waals surface area contributed by atoms with Crippen molar-refractivity contribution in [1.29, 1.82) is 0 Å². The zero-order valence-corrected chi connectivity index (χ0v) is 10.6. The average Bonchev–Trinajstić information content (AvgIpc) is 3.09. The Morgan fingerprint density at radius 1 is 1.41 bits per heavy atom. The van der Waals surface area contributed by atoms with Gasteiger partial charge in [0.1, 0.15) is 11.1 Å². The van der Waals surface area contributed by atoms with Crippen LogP contribution >= 0.6 is 11.8 Å². The second kappa shape index (κ2) is 4.77. The lowest BCUT2D eigenvalue weighted by molar-refractivity contribution is -0.135. The quantitative estimate of drug-likeness (QED) is 0.810. The number of carbonyl (C=O) groups excluding carboxylic acids is 1. The maximum atomic E-state index is 12.4. The van der Waals surface area contributed by atoms with Crippen molar-refractivity contribution in [3.63, 3.8) is 0 Å². The minimum atomic E-state index is 0.109. The first-order chi connectivity index (χ1) is 8.36. The van der Waals surface area contributed by atoms with Gasteiger partial charge in [0.05, 0.1) is 6.26 Å². The number of nitrogens with zero attached hydrogens (tertiary/aromatic N) is 1. The van der Waals surface area contributed by atoms with Crippen molar-refractivity contribution in [1.82, 2.24) is 4.90 Å². The van der Waals surface area contributed by atoms with E-state index in [-0.39, 0.29) is 11.3 Å². The van der Waals surface area contributed by atoms with Crippen molar-refractivity contribution in [2.24, 2.45) is 5.92 Å². The van der Waals surface area contributed by atoms with E-state index in [1.54, 1.807) is 18.0 Å².